The molecule has 27 heavy (non-hydrogen) atoms. The predicted octanol–water partition coefficient (Wildman–Crippen LogP) is 1.35. The van der Waals surface area contributed by atoms with Crippen molar-refractivity contribution in [2.75, 3.05) is 0 Å². The molecule has 134 valence electrons. The Kier molecular flexibility index (Phi) is 3.14. The predicted molar refractivity (Wildman–Crippen MR) is 100 cm³/mol. The Morgan fingerprint density at radius 3 is 3.00 bits per heavy atom. The Labute approximate surface area is 157 Å². The summed E-state index contributed by atoms with van der Waals surface area (Å²) in [6, 6.07) is 7.83. The van der Waals surface area contributed by atoms with Gasteiger partial charge in [0.1, 0.15) is 6.26 Å². The summed E-state index contributed by atoms with van der Waals surface area (Å²) < 4.78 is 6.66. The first-order chi connectivity index (χ1) is 12.7. The van der Waals surface area contributed by atoms with Gasteiger partial charge in [-0.05, 0) is 23.8 Å². The molecule has 0 bridgehead atoms. The molecule has 1 aromatic heterocycles. The molecule has 2 aromatic rings. The van der Waals surface area contributed by atoms with E-state index in [0.29, 0.717) is 17.3 Å². The van der Waals surface area contributed by atoms with Crippen LogP contribution in [0.4, 0.5) is 0 Å². The summed E-state index contributed by atoms with van der Waals surface area (Å²) in [7, 11) is 0. The van der Waals surface area contributed by atoms with Crippen LogP contribution in [0.25, 0.3) is 28.6 Å². The van der Waals surface area contributed by atoms with Gasteiger partial charge in [0.25, 0.3) is 5.56 Å². The third kappa shape index (κ3) is 2.00. The van der Waals surface area contributed by atoms with Crippen LogP contribution < -0.4 is 10.8 Å². The number of hydrogen-bond acceptors (Lipinski definition) is 4. The first-order valence-electron chi connectivity index (χ1n) is 8.30. The van der Waals surface area contributed by atoms with Crippen LogP contribution in [0, 0.1) is 10.7 Å². The highest BCUT2D eigenvalue weighted by Crippen LogP contribution is 2.33. The molecule has 1 aromatic carbocycles. The van der Waals surface area contributed by atoms with Gasteiger partial charge in [0.05, 0.1) is 51.9 Å². The number of aromatic nitrogens is 4. The van der Waals surface area contributed by atoms with Crippen molar-refractivity contribution in [3.05, 3.63) is 68.0 Å². The molecular formula is C19H13ClN4O3. The van der Waals surface area contributed by atoms with Crippen molar-refractivity contribution in [1.82, 2.24) is 19.5 Å². The molecule has 0 unspecified atom stereocenters. The number of nitrogens with one attached hydrogen (secondary N) is 2. The van der Waals surface area contributed by atoms with Crippen molar-refractivity contribution < 1.29 is 9.53 Å². The van der Waals surface area contributed by atoms with Crippen LogP contribution in [-0.4, -0.2) is 25.5 Å². The molecule has 0 atom stereocenters. The molecule has 4 aliphatic heterocycles. The van der Waals surface area contributed by atoms with Gasteiger partial charge in [0, 0.05) is 11.1 Å². The van der Waals surface area contributed by atoms with Crippen LogP contribution in [0.1, 0.15) is 11.1 Å². The first-order valence-corrected chi connectivity index (χ1v) is 8.30. The number of H-pyrrole nitrogens is 2. The summed E-state index contributed by atoms with van der Waals surface area (Å²) in [6.45, 7) is 0.454. The third-order valence-electron chi connectivity index (χ3n) is 5.21. The minimum Gasteiger partial charge on any atom is -0.433 e. The van der Waals surface area contributed by atoms with E-state index >= 15 is 0 Å². The third-order valence-corrected chi connectivity index (χ3v) is 5.21. The van der Waals surface area contributed by atoms with Crippen molar-refractivity contribution in [2.24, 2.45) is 0 Å². The largest absolute Gasteiger partial charge is 0.433 e. The van der Waals surface area contributed by atoms with Gasteiger partial charge in [-0.2, -0.15) is 0 Å². The lowest BCUT2D eigenvalue weighted by atomic mass is 10.0. The fourth-order valence-electron chi connectivity index (χ4n) is 4.03. The number of carbonyl (C=O) groups excluding carboxylic acids is 1. The summed E-state index contributed by atoms with van der Waals surface area (Å²) in [5.41, 5.74) is 5.41. The molecule has 8 heteroatoms. The Bertz CT molecular complexity index is 1460. The zero-order chi connectivity index (χ0) is 17.4. The molecule has 0 saturated heterocycles. The molecule has 0 aliphatic carbocycles. The highest BCUT2D eigenvalue weighted by Gasteiger charge is 2.24. The second kappa shape index (κ2) is 5.34. The van der Waals surface area contributed by atoms with Gasteiger partial charge >= 0.3 is 5.97 Å². The van der Waals surface area contributed by atoms with E-state index in [1.54, 1.807) is 10.9 Å². The lowest BCUT2D eigenvalue weighted by molar-refractivity contribution is -0.135. The smallest absolute Gasteiger partial charge is 0.315 e. The van der Waals surface area contributed by atoms with Gasteiger partial charge in [0.2, 0.25) is 0 Å². The first kappa shape index (κ1) is 15.9. The zero-order valence-electron chi connectivity index (χ0n) is 13.9. The number of ether oxygens (including phenoxy) is 1. The molecule has 0 spiro atoms. The minimum absolute atomic E-state index is 0. The van der Waals surface area contributed by atoms with Gasteiger partial charge in [-0.15, -0.1) is 12.4 Å². The number of rotatable bonds is 0. The Morgan fingerprint density at radius 1 is 1.22 bits per heavy atom. The second-order valence-corrected chi connectivity index (χ2v) is 6.60. The maximum absolute atomic E-state index is 12.9. The number of carbonyl (C=O) groups is 1. The number of aromatic amines is 2. The summed E-state index contributed by atoms with van der Waals surface area (Å²) in [4.78, 5) is 35.6. The molecule has 4 aliphatic rings. The van der Waals surface area contributed by atoms with E-state index in [4.69, 9.17) is 4.74 Å². The van der Waals surface area contributed by atoms with Gasteiger partial charge < -0.3 is 19.3 Å². The maximum Gasteiger partial charge on any atom is 0.315 e. The second-order valence-electron chi connectivity index (χ2n) is 6.60. The number of hydrogen-bond donors (Lipinski definition) is 2. The molecule has 7 nitrogen and oxygen atoms in total. The zero-order valence-corrected chi connectivity index (χ0v) is 14.7. The fourth-order valence-corrected chi connectivity index (χ4v) is 4.03. The van der Waals surface area contributed by atoms with Crippen molar-refractivity contribution in [1.29, 1.82) is 0 Å². The van der Waals surface area contributed by atoms with Crippen LogP contribution in [0.15, 0.2) is 35.4 Å². The summed E-state index contributed by atoms with van der Waals surface area (Å²) >= 11 is 0. The molecule has 0 fully saturated rings. The van der Waals surface area contributed by atoms with Crippen LogP contribution in [0.3, 0.4) is 0 Å². The van der Waals surface area contributed by atoms with Gasteiger partial charge in [-0.1, -0.05) is 6.07 Å². The van der Waals surface area contributed by atoms with E-state index in [9.17, 15) is 9.59 Å². The highest BCUT2D eigenvalue weighted by molar-refractivity contribution is 5.92. The van der Waals surface area contributed by atoms with E-state index in [1.807, 2.05) is 24.3 Å². The topological polar surface area (TPSA) is 92.8 Å². The van der Waals surface area contributed by atoms with Crippen LogP contribution in [-0.2, 0) is 22.5 Å². The maximum atomic E-state index is 12.9. The van der Waals surface area contributed by atoms with Crippen molar-refractivity contribution >= 4 is 35.7 Å². The van der Waals surface area contributed by atoms with Gasteiger partial charge in [-0.3, -0.25) is 9.59 Å². The highest BCUT2D eigenvalue weighted by atomic mass is 35.5. The fraction of sp³-hybridized carbons (Fsp3) is 0.105. The van der Waals surface area contributed by atoms with Gasteiger partial charge in [0.15, 0.2) is 0 Å². The van der Waals surface area contributed by atoms with E-state index in [2.05, 4.69) is 15.0 Å². The van der Waals surface area contributed by atoms with Crippen molar-refractivity contribution in [3.8, 4) is 11.3 Å². The molecule has 0 saturated carbocycles. The normalized spacial score (nSPS) is 14.1. The minimum atomic E-state index is -0.347. The lowest BCUT2D eigenvalue weighted by Crippen LogP contribution is -2.40. The summed E-state index contributed by atoms with van der Waals surface area (Å²) in [6.07, 6.45) is 3.06. The number of pyridine rings is 2. The number of nitrogens with zero attached hydrogens (tertiary/aromatic N) is 2. The number of esters is 1. The van der Waals surface area contributed by atoms with E-state index in [1.165, 1.54) is 6.26 Å². The quantitative estimate of drug-likeness (QED) is 0.397. The Morgan fingerprint density at radius 2 is 2.11 bits per heavy atom. The van der Waals surface area contributed by atoms with Crippen molar-refractivity contribution in [3.63, 3.8) is 0 Å². The average molecular weight is 381 g/mol. The number of benzene rings is 1. The molecule has 2 N–H and O–H groups in total. The Balaban J connectivity index is 0.00000160. The number of halogens is 1. The SMILES string of the molecule is Cl.O=C1Cc2cc3n(c(=O)c2=CO1)Cc1c2[nH]cnc4cccc([nH]c1=3)c4-2. The molecular weight excluding hydrogens is 368 g/mol. The molecule has 0 radical (unpaired) electrons. The van der Waals surface area contributed by atoms with Crippen LogP contribution >= 0.6 is 12.4 Å². The molecule has 6 rings (SSSR count). The van der Waals surface area contributed by atoms with E-state index in [-0.39, 0.29) is 30.4 Å². The van der Waals surface area contributed by atoms with Crippen LogP contribution in [0.2, 0.25) is 0 Å². The van der Waals surface area contributed by atoms with Crippen molar-refractivity contribution in [2.45, 2.75) is 13.0 Å². The Hall–Kier alpha value is -3.32. The summed E-state index contributed by atoms with van der Waals surface area (Å²) in [5.74, 6) is -0.347. The number of cyclic esters (lactones) is 1. The standard InChI is InChI=1S/C19H12N4O3.ClH/c24-15-5-9-4-14-17-10(6-23(14)19(25)11(9)7-26-15)18-16-12(20-8-21-18)2-1-3-13(16)22-17;/h1-4,7-8,22H,5-6H2,(H,20,21);1H. The van der Waals surface area contributed by atoms with E-state index < -0.39 is 0 Å². The van der Waals surface area contributed by atoms with Crippen LogP contribution in [0.5, 0.6) is 0 Å². The average Bonchev–Trinajstić information content (AvgIpc) is 3.01. The monoisotopic (exact) mass is 380 g/mol. The lowest BCUT2D eigenvalue weighted by Gasteiger charge is -2.14. The van der Waals surface area contributed by atoms with Gasteiger partial charge in [-0.25, -0.2) is 4.98 Å². The molecule has 5 heterocycles. The summed E-state index contributed by atoms with van der Waals surface area (Å²) in [5, 5.41) is 2.14. The molecule has 0 amide bonds. The van der Waals surface area contributed by atoms with E-state index in [0.717, 1.165) is 38.6 Å². The number of fused-ring (bicyclic) bond motifs is 4.